The first-order valence-corrected chi connectivity index (χ1v) is 9.64. The standard InChI is InChI=1S/C19H14ClN3O6S/c1-28-13-5-6-14(16(8-13)23(26)27)21-17(24)9-29-19(25)15-10-30-18(22-15)11-3-2-4-12(20)7-11/h2-8,10H,9H2,1H3,(H,21,24). The lowest BCUT2D eigenvalue weighted by atomic mass is 10.2. The summed E-state index contributed by atoms with van der Waals surface area (Å²) in [4.78, 5) is 38.9. The molecule has 1 aromatic heterocycles. The Labute approximate surface area is 179 Å². The number of thiazole rings is 1. The van der Waals surface area contributed by atoms with Crippen LogP contribution in [0, 0.1) is 10.1 Å². The molecule has 30 heavy (non-hydrogen) atoms. The molecule has 9 nitrogen and oxygen atoms in total. The minimum atomic E-state index is -0.793. The molecule has 0 fully saturated rings. The quantitative estimate of drug-likeness (QED) is 0.327. The van der Waals surface area contributed by atoms with Crippen LogP contribution in [0.15, 0.2) is 47.8 Å². The molecule has 0 radical (unpaired) electrons. The van der Waals surface area contributed by atoms with E-state index >= 15 is 0 Å². The molecule has 3 aromatic rings. The van der Waals surface area contributed by atoms with Crippen molar-refractivity contribution in [3.05, 3.63) is 68.7 Å². The lowest BCUT2D eigenvalue weighted by Gasteiger charge is -2.07. The van der Waals surface area contributed by atoms with E-state index in [1.54, 1.807) is 24.3 Å². The number of rotatable bonds is 7. The summed E-state index contributed by atoms with van der Waals surface area (Å²) in [5.74, 6) is -1.26. The molecule has 1 N–H and O–H groups in total. The Morgan fingerprint density at radius 2 is 2.07 bits per heavy atom. The first-order valence-electron chi connectivity index (χ1n) is 8.38. The number of hydrogen-bond donors (Lipinski definition) is 1. The molecule has 1 heterocycles. The van der Waals surface area contributed by atoms with Crippen LogP contribution in [-0.2, 0) is 9.53 Å². The van der Waals surface area contributed by atoms with E-state index < -0.39 is 23.4 Å². The average molecular weight is 448 g/mol. The van der Waals surface area contributed by atoms with Crippen LogP contribution >= 0.6 is 22.9 Å². The highest BCUT2D eigenvalue weighted by atomic mass is 35.5. The first-order chi connectivity index (χ1) is 14.4. The number of methoxy groups -OCH3 is 1. The minimum Gasteiger partial charge on any atom is -0.496 e. The molecule has 2 aromatic carbocycles. The van der Waals surface area contributed by atoms with Crippen molar-refractivity contribution in [1.29, 1.82) is 0 Å². The average Bonchev–Trinajstić information content (AvgIpc) is 3.22. The molecule has 0 saturated carbocycles. The Balaban J connectivity index is 1.62. The third-order valence-electron chi connectivity index (χ3n) is 3.79. The number of amides is 1. The van der Waals surface area contributed by atoms with E-state index in [1.165, 1.54) is 42.0 Å². The Morgan fingerprint density at radius 3 is 2.77 bits per heavy atom. The van der Waals surface area contributed by atoms with Crippen LogP contribution in [0.2, 0.25) is 5.02 Å². The molecule has 0 aliphatic rings. The maximum Gasteiger partial charge on any atom is 0.358 e. The molecule has 1 amide bonds. The van der Waals surface area contributed by atoms with Crippen molar-refractivity contribution >= 4 is 46.2 Å². The van der Waals surface area contributed by atoms with E-state index in [-0.39, 0.29) is 22.8 Å². The summed E-state index contributed by atoms with van der Waals surface area (Å²) in [6, 6.07) is 11.0. The number of nitro benzene ring substituents is 1. The number of carbonyl (C=O) groups is 2. The number of anilines is 1. The number of halogens is 1. The Morgan fingerprint density at radius 1 is 1.27 bits per heavy atom. The zero-order valence-corrected chi connectivity index (χ0v) is 17.0. The van der Waals surface area contributed by atoms with Crippen LogP contribution in [0.4, 0.5) is 11.4 Å². The van der Waals surface area contributed by atoms with Gasteiger partial charge in [0.1, 0.15) is 16.4 Å². The van der Waals surface area contributed by atoms with Gasteiger partial charge in [-0.15, -0.1) is 11.3 Å². The molecular weight excluding hydrogens is 434 g/mol. The second-order valence-corrected chi connectivity index (χ2v) is 7.11. The number of esters is 1. The molecule has 0 spiro atoms. The van der Waals surface area contributed by atoms with Crippen molar-refractivity contribution in [3.63, 3.8) is 0 Å². The number of nitro groups is 1. The predicted molar refractivity (Wildman–Crippen MR) is 111 cm³/mol. The number of ether oxygens (including phenoxy) is 2. The second kappa shape index (κ2) is 9.33. The molecular formula is C19H14ClN3O6S. The van der Waals surface area contributed by atoms with Gasteiger partial charge in [0, 0.05) is 16.0 Å². The number of nitrogens with one attached hydrogen (secondary N) is 1. The molecule has 11 heteroatoms. The monoisotopic (exact) mass is 447 g/mol. The fourth-order valence-corrected chi connectivity index (χ4v) is 3.38. The molecule has 0 bridgehead atoms. The summed E-state index contributed by atoms with van der Waals surface area (Å²) in [5.41, 5.74) is 0.396. The zero-order chi connectivity index (χ0) is 21.7. The van der Waals surface area contributed by atoms with Gasteiger partial charge in [0.2, 0.25) is 0 Å². The van der Waals surface area contributed by atoms with E-state index in [4.69, 9.17) is 21.1 Å². The van der Waals surface area contributed by atoms with Gasteiger partial charge in [-0.3, -0.25) is 14.9 Å². The number of hydrogen-bond acceptors (Lipinski definition) is 8. The van der Waals surface area contributed by atoms with Crippen LogP contribution in [0.1, 0.15) is 10.5 Å². The molecule has 0 aliphatic carbocycles. The topological polar surface area (TPSA) is 121 Å². The Bertz CT molecular complexity index is 1120. The highest BCUT2D eigenvalue weighted by Gasteiger charge is 2.19. The van der Waals surface area contributed by atoms with Gasteiger partial charge < -0.3 is 14.8 Å². The van der Waals surface area contributed by atoms with Crippen molar-refractivity contribution in [2.24, 2.45) is 0 Å². The normalized spacial score (nSPS) is 10.3. The first kappa shape index (κ1) is 21.2. The van der Waals surface area contributed by atoms with Crippen LogP contribution in [0.25, 0.3) is 10.6 Å². The van der Waals surface area contributed by atoms with Gasteiger partial charge in [0.25, 0.3) is 11.6 Å². The molecule has 3 rings (SSSR count). The van der Waals surface area contributed by atoms with Gasteiger partial charge in [0.15, 0.2) is 12.3 Å². The largest absolute Gasteiger partial charge is 0.496 e. The van der Waals surface area contributed by atoms with Gasteiger partial charge in [-0.25, -0.2) is 9.78 Å². The highest BCUT2D eigenvalue weighted by molar-refractivity contribution is 7.13. The zero-order valence-electron chi connectivity index (χ0n) is 15.5. The number of benzene rings is 2. The fourth-order valence-electron chi connectivity index (χ4n) is 2.41. The third kappa shape index (κ3) is 5.10. The maximum atomic E-state index is 12.2. The predicted octanol–water partition coefficient (Wildman–Crippen LogP) is 4.18. The van der Waals surface area contributed by atoms with Gasteiger partial charge in [-0.1, -0.05) is 23.7 Å². The Hall–Kier alpha value is -3.50. The molecule has 0 saturated heterocycles. The number of nitrogens with zero attached hydrogens (tertiary/aromatic N) is 2. The van der Waals surface area contributed by atoms with Gasteiger partial charge in [-0.05, 0) is 24.3 Å². The summed E-state index contributed by atoms with van der Waals surface area (Å²) < 4.78 is 9.89. The fraction of sp³-hybridized carbons (Fsp3) is 0.105. The van der Waals surface area contributed by atoms with Gasteiger partial charge in [-0.2, -0.15) is 0 Å². The molecule has 0 atom stereocenters. The SMILES string of the molecule is COc1ccc(NC(=O)COC(=O)c2csc(-c3cccc(Cl)c3)n2)c([N+](=O)[O-])c1. The molecule has 0 unspecified atom stereocenters. The summed E-state index contributed by atoms with van der Waals surface area (Å²) in [5, 5.41) is 16.1. The minimum absolute atomic E-state index is 0.0400. The highest BCUT2D eigenvalue weighted by Crippen LogP contribution is 2.29. The summed E-state index contributed by atoms with van der Waals surface area (Å²) in [6.07, 6.45) is 0. The molecule has 0 aliphatic heterocycles. The van der Waals surface area contributed by atoms with E-state index in [1.807, 2.05) is 0 Å². The number of carbonyl (C=O) groups excluding carboxylic acids is 2. The van der Waals surface area contributed by atoms with Crippen molar-refractivity contribution in [2.75, 3.05) is 19.0 Å². The van der Waals surface area contributed by atoms with Gasteiger partial charge >= 0.3 is 5.97 Å². The summed E-state index contributed by atoms with van der Waals surface area (Å²) in [6.45, 7) is -0.633. The Kier molecular flexibility index (Phi) is 6.60. The van der Waals surface area contributed by atoms with E-state index in [2.05, 4.69) is 10.3 Å². The van der Waals surface area contributed by atoms with Crippen LogP contribution in [0.5, 0.6) is 5.75 Å². The van der Waals surface area contributed by atoms with Crippen LogP contribution in [-0.4, -0.2) is 35.5 Å². The van der Waals surface area contributed by atoms with Crippen LogP contribution in [0.3, 0.4) is 0 Å². The maximum absolute atomic E-state index is 12.2. The second-order valence-electron chi connectivity index (χ2n) is 5.81. The lowest BCUT2D eigenvalue weighted by Crippen LogP contribution is -2.21. The van der Waals surface area contributed by atoms with Crippen molar-refractivity contribution in [2.45, 2.75) is 0 Å². The molecule has 154 valence electrons. The third-order valence-corrected chi connectivity index (χ3v) is 4.92. The summed E-state index contributed by atoms with van der Waals surface area (Å²) >= 11 is 7.18. The smallest absolute Gasteiger partial charge is 0.358 e. The van der Waals surface area contributed by atoms with Crippen molar-refractivity contribution in [3.8, 4) is 16.3 Å². The lowest BCUT2D eigenvalue weighted by molar-refractivity contribution is -0.384. The van der Waals surface area contributed by atoms with E-state index in [0.29, 0.717) is 10.0 Å². The van der Waals surface area contributed by atoms with Crippen LogP contribution < -0.4 is 10.1 Å². The van der Waals surface area contributed by atoms with Crippen molar-refractivity contribution in [1.82, 2.24) is 4.98 Å². The van der Waals surface area contributed by atoms with Gasteiger partial charge in [0.05, 0.1) is 18.1 Å². The van der Waals surface area contributed by atoms with E-state index in [9.17, 15) is 19.7 Å². The van der Waals surface area contributed by atoms with E-state index in [0.717, 1.165) is 5.56 Å². The summed E-state index contributed by atoms with van der Waals surface area (Å²) in [7, 11) is 1.37. The van der Waals surface area contributed by atoms with Crippen molar-refractivity contribution < 1.29 is 24.0 Å². The number of aromatic nitrogens is 1.